The second kappa shape index (κ2) is 10.6. The number of hydrogen-bond acceptors (Lipinski definition) is 7. The zero-order chi connectivity index (χ0) is 24.2. The van der Waals surface area contributed by atoms with Crippen molar-refractivity contribution in [2.45, 2.75) is 13.0 Å². The minimum atomic E-state index is -0.815. The molecule has 180 valence electrons. The summed E-state index contributed by atoms with van der Waals surface area (Å²) in [4.78, 5) is 30.0. The van der Waals surface area contributed by atoms with Crippen molar-refractivity contribution in [3.05, 3.63) is 63.6 Å². The van der Waals surface area contributed by atoms with E-state index in [2.05, 4.69) is 20.8 Å². The first-order chi connectivity index (χ1) is 16.4. The molecule has 0 aliphatic carbocycles. The van der Waals surface area contributed by atoms with Crippen LogP contribution in [0.2, 0.25) is 0 Å². The monoisotopic (exact) mass is 530 g/mol. The van der Waals surface area contributed by atoms with E-state index in [4.69, 9.17) is 9.47 Å². The maximum Gasteiger partial charge on any atom is 0.295 e. The SMILES string of the molecule is CCOc1cc(C2/C(=C(\O)c3ccc(Br)cc3)C(=O)C(=O)N2CCN2CCOCC2)ccc1O. The lowest BCUT2D eigenvalue weighted by atomic mass is 9.95. The van der Waals surface area contributed by atoms with Crippen LogP contribution < -0.4 is 4.74 Å². The molecule has 0 spiro atoms. The molecule has 8 nitrogen and oxygen atoms in total. The molecule has 4 rings (SSSR count). The van der Waals surface area contributed by atoms with Crippen LogP contribution in [0, 0.1) is 0 Å². The Labute approximate surface area is 206 Å². The van der Waals surface area contributed by atoms with Gasteiger partial charge >= 0.3 is 0 Å². The predicted molar refractivity (Wildman–Crippen MR) is 130 cm³/mol. The molecule has 9 heteroatoms. The molecule has 0 radical (unpaired) electrons. The highest BCUT2D eigenvalue weighted by molar-refractivity contribution is 9.10. The van der Waals surface area contributed by atoms with Crippen molar-refractivity contribution in [2.75, 3.05) is 46.0 Å². The summed E-state index contributed by atoms with van der Waals surface area (Å²) in [5.41, 5.74) is 1.02. The first-order valence-corrected chi connectivity index (χ1v) is 12.0. The second-order valence-corrected chi connectivity index (χ2v) is 9.03. The highest BCUT2D eigenvalue weighted by Crippen LogP contribution is 2.41. The lowest BCUT2D eigenvalue weighted by Gasteiger charge is -2.31. The lowest BCUT2D eigenvalue weighted by Crippen LogP contribution is -2.42. The molecule has 1 amide bonds. The Morgan fingerprint density at radius 2 is 1.82 bits per heavy atom. The molecule has 1 unspecified atom stereocenters. The summed E-state index contributed by atoms with van der Waals surface area (Å²) in [6.07, 6.45) is 0. The first kappa shape index (κ1) is 24.3. The quantitative estimate of drug-likeness (QED) is 0.321. The van der Waals surface area contributed by atoms with E-state index < -0.39 is 17.7 Å². The smallest absolute Gasteiger partial charge is 0.295 e. The number of amides is 1. The summed E-state index contributed by atoms with van der Waals surface area (Å²) < 4.78 is 11.8. The van der Waals surface area contributed by atoms with Gasteiger partial charge in [0.05, 0.1) is 31.4 Å². The molecule has 0 saturated carbocycles. The van der Waals surface area contributed by atoms with Gasteiger partial charge in [-0.05, 0) is 36.8 Å². The Morgan fingerprint density at radius 3 is 2.50 bits per heavy atom. The first-order valence-electron chi connectivity index (χ1n) is 11.2. The molecule has 2 aromatic carbocycles. The molecule has 0 bridgehead atoms. The van der Waals surface area contributed by atoms with Crippen LogP contribution in [0.5, 0.6) is 11.5 Å². The van der Waals surface area contributed by atoms with Gasteiger partial charge in [-0.1, -0.05) is 34.1 Å². The normalized spacial score (nSPS) is 20.6. The van der Waals surface area contributed by atoms with Crippen LogP contribution in [-0.2, 0) is 14.3 Å². The third-order valence-electron chi connectivity index (χ3n) is 6.02. The molecular weight excluding hydrogens is 504 g/mol. The van der Waals surface area contributed by atoms with Crippen LogP contribution in [0.25, 0.3) is 5.76 Å². The summed E-state index contributed by atoms with van der Waals surface area (Å²) in [7, 11) is 0. The summed E-state index contributed by atoms with van der Waals surface area (Å²) in [5.74, 6) is -1.43. The van der Waals surface area contributed by atoms with Gasteiger partial charge in [0.1, 0.15) is 5.76 Å². The summed E-state index contributed by atoms with van der Waals surface area (Å²) in [5, 5.41) is 21.3. The molecule has 0 aromatic heterocycles. The Balaban J connectivity index is 1.76. The molecule has 34 heavy (non-hydrogen) atoms. The van der Waals surface area contributed by atoms with E-state index in [1.165, 1.54) is 11.0 Å². The van der Waals surface area contributed by atoms with Crippen LogP contribution in [0.15, 0.2) is 52.5 Å². The number of phenols is 1. The van der Waals surface area contributed by atoms with Crippen LogP contribution in [0.1, 0.15) is 24.1 Å². The average molecular weight is 531 g/mol. The maximum absolute atomic E-state index is 13.2. The third kappa shape index (κ3) is 4.96. The summed E-state index contributed by atoms with van der Waals surface area (Å²) >= 11 is 3.37. The number of likely N-dealkylation sites (tertiary alicyclic amines) is 1. The zero-order valence-electron chi connectivity index (χ0n) is 18.9. The van der Waals surface area contributed by atoms with Crippen molar-refractivity contribution >= 4 is 33.4 Å². The molecule has 2 N–H and O–H groups in total. The number of hydrogen-bond donors (Lipinski definition) is 2. The number of halogens is 1. The van der Waals surface area contributed by atoms with Gasteiger partial charge in [-0.3, -0.25) is 14.5 Å². The summed E-state index contributed by atoms with van der Waals surface area (Å²) in [6, 6.07) is 10.8. The number of ether oxygens (including phenoxy) is 2. The molecule has 2 fully saturated rings. The van der Waals surface area contributed by atoms with Gasteiger partial charge < -0.3 is 24.6 Å². The molecule has 1 atom stereocenters. The predicted octanol–water partition coefficient (Wildman–Crippen LogP) is 3.31. The molecule has 2 aliphatic rings. The topological polar surface area (TPSA) is 99.5 Å². The number of benzene rings is 2. The number of aromatic hydroxyl groups is 1. The molecule has 2 aliphatic heterocycles. The van der Waals surface area contributed by atoms with E-state index >= 15 is 0 Å². The Bertz CT molecular complexity index is 1100. The fourth-order valence-corrected chi connectivity index (χ4v) is 4.53. The van der Waals surface area contributed by atoms with Crippen molar-refractivity contribution in [2.24, 2.45) is 0 Å². The highest BCUT2D eigenvalue weighted by atomic mass is 79.9. The van der Waals surface area contributed by atoms with Gasteiger partial charge in [-0.2, -0.15) is 0 Å². The van der Waals surface area contributed by atoms with Crippen molar-refractivity contribution in [3.8, 4) is 11.5 Å². The highest BCUT2D eigenvalue weighted by Gasteiger charge is 2.46. The number of carbonyl (C=O) groups excluding carboxylic acids is 2. The fraction of sp³-hybridized carbons (Fsp3) is 0.360. The van der Waals surface area contributed by atoms with Gasteiger partial charge in [-0.25, -0.2) is 0 Å². The van der Waals surface area contributed by atoms with Crippen LogP contribution in [0.4, 0.5) is 0 Å². The second-order valence-electron chi connectivity index (χ2n) is 8.11. The zero-order valence-corrected chi connectivity index (χ0v) is 20.5. The van der Waals surface area contributed by atoms with Crippen LogP contribution >= 0.6 is 15.9 Å². The van der Waals surface area contributed by atoms with Crippen molar-refractivity contribution < 1.29 is 29.3 Å². The van der Waals surface area contributed by atoms with Crippen molar-refractivity contribution in [1.29, 1.82) is 0 Å². The molecular formula is C25H27BrN2O6. The van der Waals surface area contributed by atoms with Crippen LogP contribution in [-0.4, -0.2) is 77.7 Å². The van der Waals surface area contributed by atoms with Gasteiger partial charge in [0, 0.05) is 36.2 Å². The molecule has 2 saturated heterocycles. The number of phenolic OH excluding ortho intramolecular Hbond substituents is 1. The number of aliphatic hydroxyl groups excluding tert-OH is 1. The average Bonchev–Trinajstić information content (AvgIpc) is 3.10. The van der Waals surface area contributed by atoms with E-state index in [1.807, 2.05) is 0 Å². The number of rotatable bonds is 7. The number of nitrogens with zero attached hydrogens (tertiary/aromatic N) is 2. The lowest BCUT2D eigenvalue weighted by molar-refractivity contribution is -0.140. The van der Waals surface area contributed by atoms with E-state index in [0.29, 0.717) is 44.0 Å². The van der Waals surface area contributed by atoms with Gasteiger partial charge in [0.25, 0.3) is 11.7 Å². The Morgan fingerprint density at radius 1 is 1.12 bits per heavy atom. The van der Waals surface area contributed by atoms with Crippen LogP contribution in [0.3, 0.4) is 0 Å². The van der Waals surface area contributed by atoms with Crippen molar-refractivity contribution in [3.63, 3.8) is 0 Å². The number of Topliss-reactive ketones (excluding diaryl/α,β-unsaturated/α-hetero) is 1. The number of morpholine rings is 1. The van der Waals surface area contributed by atoms with Crippen molar-refractivity contribution in [1.82, 2.24) is 9.80 Å². The minimum absolute atomic E-state index is 0.0161. The molecule has 2 aromatic rings. The molecule has 2 heterocycles. The Hall–Kier alpha value is -2.88. The summed E-state index contributed by atoms with van der Waals surface area (Å²) in [6.45, 7) is 5.77. The van der Waals surface area contributed by atoms with Gasteiger partial charge in [0.15, 0.2) is 11.5 Å². The van der Waals surface area contributed by atoms with E-state index in [1.54, 1.807) is 43.3 Å². The van der Waals surface area contributed by atoms with E-state index in [-0.39, 0.29) is 22.8 Å². The number of ketones is 1. The Kier molecular flexibility index (Phi) is 7.55. The number of carbonyl (C=O) groups is 2. The third-order valence-corrected chi connectivity index (χ3v) is 6.55. The maximum atomic E-state index is 13.2. The number of aliphatic hydroxyl groups is 1. The largest absolute Gasteiger partial charge is 0.507 e. The minimum Gasteiger partial charge on any atom is -0.507 e. The van der Waals surface area contributed by atoms with E-state index in [9.17, 15) is 19.8 Å². The van der Waals surface area contributed by atoms with Gasteiger partial charge in [0.2, 0.25) is 0 Å². The standard InChI is InChI=1S/C25H27BrN2O6/c1-2-34-20-15-17(5-8-19(20)29)22-21(23(30)16-3-6-18(26)7-4-16)24(31)25(32)28(22)10-9-27-11-13-33-14-12-27/h3-8,15,22,29-30H,2,9-14H2,1H3/b23-21+. The fourth-order valence-electron chi connectivity index (χ4n) is 4.27. The van der Waals surface area contributed by atoms with E-state index in [0.717, 1.165) is 17.6 Å². The van der Waals surface area contributed by atoms with Gasteiger partial charge in [-0.15, -0.1) is 0 Å².